The minimum Gasteiger partial charge on any atom is -0.496 e. The van der Waals surface area contributed by atoms with Gasteiger partial charge >= 0.3 is 0 Å². The molecule has 10 nitrogen and oxygen atoms in total. The lowest BCUT2D eigenvalue weighted by Gasteiger charge is -2.37. The minimum atomic E-state index is -0.302. The number of nitriles is 1. The molecule has 0 radical (unpaired) electrons. The summed E-state index contributed by atoms with van der Waals surface area (Å²) in [6.07, 6.45) is 3.57. The Kier molecular flexibility index (Phi) is 10.9. The number of benzene rings is 1. The van der Waals surface area contributed by atoms with Gasteiger partial charge in [0.05, 0.1) is 25.7 Å². The van der Waals surface area contributed by atoms with Crippen molar-refractivity contribution in [1.29, 1.82) is 5.26 Å². The molecule has 0 saturated carbocycles. The molecule has 10 heteroatoms. The lowest BCUT2D eigenvalue weighted by Crippen LogP contribution is -2.51. The molecule has 0 unspecified atom stereocenters. The van der Waals surface area contributed by atoms with E-state index < -0.39 is 0 Å². The van der Waals surface area contributed by atoms with Gasteiger partial charge in [0, 0.05) is 70.2 Å². The quantitative estimate of drug-likeness (QED) is 0.306. The molecule has 2 aliphatic rings. The highest BCUT2D eigenvalue weighted by Gasteiger charge is 2.43. The van der Waals surface area contributed by atoms with E-state index in [9.17, 15) is 19.6 Å². The Bertz CT molecular complexity index is 1610. The second-order valence-electron chi connectivity index (χ2n) is 14.4. The molecule has 2 fully saturated rings. The lowest BCUT2D eigenvalue weighted by molar-refractivity contribution is -0.138. The number of amides is 2. The zero-order valence-corrected chi connectivity index (χ0v) is 29.8. The summed E-state index contributed by atoms with van der Waals surface area (Å²) in [5.74, 6) is 1.16. The minimum absolute atomic E-state index is 0.0146. The molecule has 2 atom stereocenters. The van der Waals surface area contributed by atoms with E-state index in [2.05, 4.69) is 24.8 Å². The van der Waals surface area contributed by atoms with Gasteiger partial charge in [-0.25, -0.2) is 0 Å². The predicted octanol–water partition coefficient (Wildman–Crippen LogP) is 4.56. The number of allylic oxidation sites excluding steroid dienone is 1. The number of nitrogens with zero attached hydrogens (tertiary/aromatic N) is 5. The van der Waals surface area contributed by atoms with Crippen molar-refractivity contribution in [2.75, 3.05) is 53.5 Å². The van der Waals surface area contributed by atoms with E-state index in [-0.39, 0.29) is 46.1 Å². The van der Waals surface area contributed by atoms with Crippen molar-refractivity contribution < 1.29 is 19.1 Å². The van der Waals surface area contributed by atoms with Gasteiger partial charge in [-0.15, -0.1) is 0 Å². The van der Waals surface area contributed by atoms with Gasteiger partial charge in [0.2, 0.25) is 5.91 Å². The summed E-state index contributed by atoms with van der Waals surface area (Å²) in [7, 11) is 5.06. The van der Waals surface area contributed by atoms with Gasteiger partial charge in [0.25, 0.3) is 11.5 Å². The fraction of sp³-hybridized carbons (Fsp3) is 0.568. The van der Waals surface area contributed by atoms with Crippen molar-refractivity contribution in [2.45, 2.75) is 55.0 Å². The first-order valence-electron chi connectivity index (χ1n) is 16.5. The van der Waals surface area contributed by atoms with Crippen LogP contribution in [0.15, 0.2) is 34.8 Å². The van der Waals surface area contributed by atoms with Crippen LogP contribution in [0.2, 0.25) is 0 Å². The van der Waals surface area contributed by atoms with Crippen LogP contribution in [0.1, 0.15) is 51.3 Å². The summed E-state index contributed by atoms with van der Waals surface area (Å²) in [6.45, 7) is 17.8. The molecule has 254 valence electrons. The summed E-state index contributed by atoms with van der Waals surface area (Å²) < 4.78 is 13.3. The molecule has 1 aromatic carbocycles. The molecule has 2 saturated heterocycles. The Balaban J connectivity index is 1.48. The summed E-state index contributed by atoms with van der Waals surface area (Å²) >= 11 is 0. The largest absolute Gasteiger partial charge is 0.496 e. The molecule has 2 aliphatic heterocycles. The molecule has 0 aliphatic carbocycles. The summed E-state index contributed by atoms with van der Waals surface area (Å²) in [5, 5.41) is 9.70. The van der Waals surface area contributed by atoms with Gasteiger partial charge in [-0.05, 0) is 54.4 Å². The maximum absolute atomic E-state index is 13.9. The van der Waals surface area contributed by atoms with E-state index in [1.165, 1.54) is 0 Å². The smallest absolute Gasteiger partial charge is 0.264 e. The average Bonchev–Trinajstić information content (AvgIpc) is 3.49. The standard InChI is InChI=1S/C37H51N5O5/c1-23(2)28-21-42(35(44)27(18-38)17-37(5,6)7)22-30(28)36(45)41-13-11-40(12-14-41)20-31-32(46-9)15-26(16-33(31)47-10)29-19-39(8)34(43)25(4)24(29)3/h15-17,19,23,28,30H,11-14,20-22H2,1-10H3/b27-17+/t28-,30+/m0/s1. The second-order valence-corrected chi connectivity index (χ2v) is 14.4. The van der Waals surface area contributed by atoms with E-state index in [1.54, 1.807) is 36.8 Å². The number of hydrogen-bond acceptors (Lipinski definition) is 7. The van der Waals surface area contributed by atoms with Crippen LogP contribution in [0.3, 0.4) is 0 Å². The Morgan fingerprint density at radius 3 is 2.11 bits per heavy atom. The zero-order valence-electron chi connectivity index (χ0n) is 29.8. The van der Waals surface area contributed by atoms with Crippen molar-refractivity contribution in [3.8, 4) is 28.7 Å². The number of likely N-dealkylation sites (tertiary alicyclic amines) is 1. The lowest BCUT2D eigenvalue weighted by atomic mass is 9.85. The van der Waals surface area contributed by atoms with Gasteiger partial charge < -0.3 is 23.8 Å². The molecule has 0 spiro atoms. The van der Waals surface area contributed by atoms with E-state index in [0.29, 0.717) is 62.9 Å². The molecule has 0 N–H and O–H groups in total. The number of carbonyl (C=O) groups is 2. The van der Waals surface area contributed by atoms with E-state index in [1.807, 2.05) is 57.8 Å². The Morgan fingerprint density at radius 2 is 1.60 bits per heavy atom. The number of hydrogen-bond donors (Lipinski definition) is 0. The van der Waals surface area contributed by atoms with Crippen LogP contribution in [0, 0.1) is 48.3 Å². The highest BCUT2D eigenvalue weighted by Crippen LogP contribution is 2.38. The van der Waals surface area contributed by atoms with Gasteiger partial charge in [-0.3, -0.25) is 19.3 Å². The first kappa shape index (κ1) is 35.7. The first-order chi connectivity index (χ1) is 22.1. The Hall–Kier alpha value is -4.10. The molecule has 4 rings (SSSR count). The number of methoxy groups -OCH3 is 2. The van der Waals surface area contributed by atoms with Crippen LogP contribution in [0.5, 0.6) is 11.5 Å². The number of aromatic nitrogens is 1. The number of carbonyl (C=O) groups excluding carboxylic acids is 2. The van der Waals surface area contributed by atoms with Crippen LogP contribution in [-0.4, -0.2) is 84.6 Å². The molecule has 2 aromatic rings. The van der Waals surface area contributed by atoms with Gasteiger partial charge in [0.15, 0.2) is 0 Å². The van der Waals surface area contributed by atoms with Crippen molar-refractivity contribution in [3.05, 3.63) is 57.0 Å². The van der Waals surface area contributed by atoms with Gasteiger partial charge in [-0.2, -0.15) is 5.26 Å². The first-order valence-corrected chi connectivity index (χ1v) is 16.5. The van der Waals surface area contributed by atoms with Crippen LogP contribution in [0.4, 0.5) is 0 Å². The van der Waals surface area contributed by atoms with Crippen LogP contribution < -0.4 is 15.0 Å². The fourth-order valence-corrected chi connectivity index (χ4v) is 6.82. The highest BCUT2D eigenvalue weighted by atomic mass is 16.5. The van der Waals surface area contributed by atoms with Crippen LogP contribution in [0.25, 0.3) is 11.1 Å². The monoisotopic (exact) mass is 645 g/mol. The third-order valence-corrected chi connectivity index (χ3v) is 9.67. The third kappa shape index (κ3) is 7.73. The number of ether oxygens (including phenoxy) is 2. The number of rotatable bonds is 8. The second kappa shape index (κ2) is 14.3. The van der Waals surface area contributed by atoms with E-state index in [0.717, 1.165) is 22.3 Å². The van der Waals surface area contributed by atoms with Gasteiger partial charge in [0.1, 0.15) is 23.1 Å². The molecule has 3 heterocycles. The summed E-state index contributed by atoms with van der Waals surface area (Å²) in [6, 6.07) is 6.08. The Morgan fingerprint density at radius 1 is 1.00 bits per heavy atom. The van der Waals surface area contributed by atoms with Crippen LogP contribution in [-0.2, 0) is 23.2 Å². The fourth-order valence-electron chi connectivity index (χ4n) is 6.82. The molecule has 47 heavy (non-hydrogen) atoms. The Labute approximate surface area is 279 Å². The maximum Gasteiger partial charge on any atom is 0.264 e. The van der Waals surface area contributed by atoms with E-state index >= 15 is 0 Å². The maximum atomic E-state index is 13.9. The molecule has 2 amide bonds. The summed E-state index contributed by atoms with van der Waals surface area (Å²) in [5.41, 5.74) is 4.24. The molecular weight excluding hydrogens is 594 g/mol. The van der Waals surface area contributed by atoms with Gasteiger partial charge in [-0.1, -0.05) is 40.7 Å². The van der Waals surface area contributed by atoms with Crippen molar-refractivity contribution in [1.82, 2.24) is 19.3 Å². The van der Waals surface area contributed by atoms with Crippen molar-refractivity contribution >= 4 is 11.8 Å². The molecular formula is C37H51N5O5. The van der Waals surface area contributed by atoms with Crippen LogP contribution >= 0.6 is 0 Å². The number of pyridine rings is 1. The van der Waals surface area contributed by atoms with Crippen molar-refractivity contribution in [3.63, 3.8) is 0 Å². The van der Waals surface area contributed by atoms with E-state index in [4.69, 9.17) is 9.47 Å². The van der Waals surface area contributed by atoms with Crippen molar-refractivity contribution in [2.24, 2.45) is 30.2 Å². The number of aryl methyl sites for hydroxylation is 1. The average molecular weight is 646 g/mol. The SMILES string of the molecule is COc1cc(-c2cn(C)c(=O)c(C)c2C)cc(OC)c1CN1CCN(C(=O)[C@@H]2CN(C(=O)/C(C#N)=C/C(C)(C)C)C[C@H]2C(C)C)CC1. The molecule has 0 bridgehead atoms. The predicted molar refractivity (Wildman–Crippen MR) is 183 cm³/mol. The summed E-state index contributed by atoms with van der Waals surface area (Å²) in [4.78, 5) is 45.6. The normalized spacial score (nSPS) is 19.2. The topological polar surface area (TPSA) is 108 Å². The third-order valence-electron chi connectivity index (χ3n) is 9.67. The zero-order chi connectivity index (χ0) is 34.8. The highest BCUT2D eigenvalue weighted by molar-refractivity contribution is 5.98. The molecule has 1 aromatic heterocycles. The number of piperazine rings is 1.